The van der Waals surface area contributed by atoms with Gasteiger partial charge in [-0.1, -0.05) is 39.3 Å². The van der Waals surface area contributed by atoms with Crippen molar-refractivity contribution in [3.63, 3.8) is 0 Å². The van der Waals surface area contributed by atoms with E-state index in [9.17, 15) is 19.7 Å². The molecular formula is C26H22BrN5O5S. The van der Waals surface area contributed by atoms with E-state index in [1.807, 2.05) is 42.5 Å². The minimum absolute atomic E-state index is 0.0382. The summed E-state index contributed by atoms with van der Waals surface area (Å²) in [6.07, 6.45) is 0. The van der Waals surface area contributed by atoms with Crippen LogP contribution in [0.4, 0.5) is 17.1 Å². The monoisotopic (exact) mass is 595 g/mol. The average Bonchev–Trinajstić information content (AvgIpc) is 3.66. The molecule has 2 fully saturated rings. The van der Waals surface area contributed by atoms with Crippen molar-refractivity contribution in [1.29, 1.82) is 0 Å². The van der Waals surface area contributed by atoms with Crippen LogP contribution >= 0.6 is 27.7 Å². The molecule has 3 aromatic rings. The van der Waals surface area contributed by atoms with E-state index in [1.165, 1.54) is 6.92 Å². The summed E-state index contributed by atoms with van der Waals surface area (Å²) >= 11 is 5.23. The van der Waals surface area contributed by atoms with Gasteiger partial charge in [0, 0.05) is 53.2 Å². The van der Waals surface area contributed by atoms with Gasteiger partial charge in [0.2, 0.25) is 11.7 Å². The first kappa shape index (κ1) is 23.9. The molecule has 0 N–H and O–H groups in total. The zero-order valence-corrected chi connectivity index (χ0v) is 23.1. The van der Waals surface area contributed by atoms with E-state index in [-0.39, 0.29) is 29.0 Å². The lowest BCUT2D eigenvalue weighted by Gasteiger charge is -2.44. The van der Waals surface area contributed by atoms with Gasteiger partial charge in [0.15, 0.2) is 5.69 Å². The Morgan fingerprint density at radius 3 is 2.58 bits per heavy atom. The highest BCUT2D eigenvalue weighted by molar-refractivity contribution is 9.10. The smallest absolute Gasteiger partial charge is 0.334 e. The fourth-order valence-corrected chi connectivity index (χ4v) is 9.12. The van der Waals surface area contributed by atoms with Gasteiger partial charge < -0.3 is 14.3 Å². The van der Waals surface area contributed by atoms with E-state index in [2.05, 4.69) is 26.0 Å². The lowest BCUT2D eigenvalue weighted by molar-refractivity contribution is -0.386. The van der Waals surface area contributed by atoms with Crippen molar-refractivity contribution in [3.05, 3.63) is 79.6 Å². The molecule has 38 heavy (non-hydrogen) atoms. The molecule has 4 atom stereocenters. The third kappa shape index (κ3) is 2.43. The number of carbonyl (C=O) groups excluding carboxylic acids is 2. The van der Waals surface area contributed by atoms with Crippen LogP contribution < -0.4 is 9.80 Å². The van der Waals surface area contributed by atoms with Gasteiger partial charge in [-0.05, 0) is 36.8 Å². The van der Waals surface area contributed by atoms with Gasteiger partial charge in [-0.3, -0.25) is 24.6 Å². The zero-order valence-electron chi connectivity index (χ0n) is 20.7. The highest BCUT2D eigenvalue weighted by atomic mass is 79.9. The van der Waals surface area contributed by atoms with Gasteiger partial charge in [-0.15, -0.1) is 11.8 Å². The van der Waals surface area contributed by atoms with Gasteiger partial charge >= 0.3 is 5.69 Å². The number of likely N-dealkylation sites (N-methyl/N-ethyl adjacent to an activating group) is 2. The summed E-state index contributed by atoms with van der Waals surface area (Å²) in [5.41, 5.74) is -0.340. The first-order valence-electron chi connectivity index (χ1n) is 12.1. The predicted molar refractivity (Wildman–Crippen MR) is 144 cm³/mol. The molecular weight excluding hydrogens is 574 g/mol. The number of anilines is 2. The molecule has 2 amide bonds. The molecule has 0 saturated carbocycles. The first-order valence-corrected chi connectivity index (χ1v) is 14.0. The standard InChI is InChI=1S/C26H22BrN5O5S/c1-13-21(32(35)36)22(37-28-13)20-19-11-38-12-31(19)26(15-6-4-5-7-17(15)30(3)24(26)34)25(20)16-10-14(27)8-9-18(16)29(2)23(25)33/h4-10,19-20H,11-12H2,1-3H3/t19?,20-,25+,26+/m0/s1. The molecule has 2 saturated heterocycles. The summed E-state index contributed by atoms with van der Waals surface area (Å²) in [5.74, 6) is -0.272. The zero-order chi connectivity index (χ0) is 26.7. The van der Waals surface area contributed by atoms with E-state index < -0.39 is 27.8 Å². The molecule has 1 unspecified atom stereocenters. The van der Waals surface area contributed by atoms with Gasteiger partial charge in [-0.25, -0.2) is 0 Å². The molecule has 10 nitrogen and oxygen atoms in total. The number of fused-ring (bicyclic) bond motifs is 7. The van der Waals surface area contributed by atoms with Crippen molar-refractivity contribution in [1.82, 2.24) is 10.1 Å². The van der Waals surface area contributed by atoms with Crippen molar-refractivity contribution in [2.24, 2.45) is 0 Å². The molecule has 2 spiro atoms. The number of amides is 2. The average molecular weight is 596 g/mol. The maximum Gasteiger partial charge on any atom is 0.334 e. The number of thioether (sulfide) groups is 1. The van der Waals surface area contributed by atoms with Crippen LogP contribution in [0.25, 0.3) is 0 Å². The quantitative estimate of drug-likeness (QED) is 0.324. The second-order valence-electron chi connectivity index (χ2n) is 10.2. The van der Waals surface area contributed by atoms with E-state index in [0.29, 0.717) is 22.9 Å². The summed E-state index contributed by atoms with van der Waals surface area (Å²) in [5, 5.41) is 16.3. The highest BCUT2D eigenvalue weighted by Gasteiger charge is 2.82. The number of rotatable bonds is 2. The Bertz CT molecular complexity index is 1590. The first-order chi connectivity index (χ1) is 18.2. The van der Waals surface area contributed by atoms with Gasteiger partial charge in [0.1, 0.15) is 11.0 Å². The minimum atomic E-state index is -1.54. The largest absolute Gasteiger partial charge is 0.353 e. The van der Waals surface area contributed by atoms with Crippen molar-refractivity contribution in [2.45, 2.75) is 29.8 Å². The fourth-order valence-electron chi connectivity index (χ4n) is 7.45. The van der Waals surface area contributed by atoms with Crippen LogP contribution in [0, 0.1) is 17.0 Å². The van der Waals surface area contributed by atoms with Crippen LogP contribution in [0.3, 0.4) is 0 Å². The Hall–Kier alpha value is -3.22. The Morgan fingerprint density at radius 1 is 1.11 bits per heavy atom. The fraction of sp³-hybridized carbons (Fsp3) is 0.346. The number of nitrogens with zero attached hydrogens (tertiary/aromatic N) is 5. The van der Waals surface area contributed by atoms with Crippen LogP contribution in [-0.2, 0) is 20.5 Å². The summed E-state index contributed by atoms with van der Waals surface area (Å²) in [4.78, 5) is 46.8. The summed E-state index contributed by atoms with van der Waals surface area (Å²) in [7, 11) is 3.42. The van der Waals surface area contributed by atoms with Crippen LogP contribution in [-0.4, -0.2) is 58.6 Å². The number of carbonyl (C=O) groups is 2. The summed E-state index contributed by atoms with van der Waals surface area (Å²) in [6, 6.07) is 12.7. The summed E-state index contributed by atoms with van der Waals surface area (Å²) in [6.45, 7) is 1.53. The van der Waals surface area contributed by atoms with Crippen LogP contribution in [0.15, 0.2) is 51.5 Å². The Balaban J connectivity index is 1.69. The lowest BCUT2D eigenvalue weighted by atomic mass is 9.58. The normalized spacial score (nSPS) is 29.6. The molecule has 4 aliphatic rings. The van der Waals surface area contributed by atoms with Gasteiger partial charge in [0.25, 0.3) is 5.91 Å². The van der Waals surface area contributed by atoms with Crippen LogP contribution in [0.5, 0.6) is 0 Å². The van der Waals surface area contributed by atoms with Crippen LogP contribution in [0.1, 0.15) is 28.5 Å². The molecule has 1 aromatic heterocycles. The molecule has 0 bridgehead atoms. The van der Waals surface area contributed by atoms with E-state index in [1.54, 1.807) is 35.7 Å². The molecule has 0 radical (unpaired) electrons. The van der Waals surface area contributed by atoms with E-state index in [0.717, 1.165) is 15.7 Å². The Labute approximate surface area is 230 Å². The Kier molecular flexibility index (Phi) is 4.82. The topological polar surface area (TPSA) is 113 Å². The van der Waals surface area contributed by atoms with Crippen molar-refractivity contribution in [3.8, 4) is 0 Å². The van der Waals surface area contributed by atoms with Crippen molar-refractivity contribution in [2.75, 3.05) is 35.5 Å². The number of nitro groups is 1. The maximum absolute atomic E-state index is 14.9. The molecule has 7 rings (SSSR count). The molecule has 2 aromatic carbocycles. The lowest BCUT2D eigenvalue weighted by Crippen LogP contribution is -2.63. The molecule has 5 heterocycles. The number of hydrogen-bond acceptors (Lipinski definition) is 8. The van der Waals surface area contributed by atoms with Crippen molar-refractivity contribution < 1.29 is 19.0 Å². The van der Waals surface area contributed by atoms with Gasteiger partial charge in [-0.2, -0.15) is 0 Å². The third-order valence-corrected chi connectivity index (χ3v) is 10.3. The Morgan fingerprint density at radius 2 is 1.82 bits per heavy atom. The number of hydrogen-bond donors (Lipinski definition) is 0. The van der Waals surface area contributed by atoms with Crippen molar-refractivity contribution >= 4 is 56.6 Å². The SMILES string of the molecule is Cc1noc([C@@H]2C3CSCN3[C@]3(C(=O)N(C)c4ccccc43)[C@@]23C(=O)N(C)c2ccc(Br)cc23)c1[N+](=O)[O-]. The highest BCUT2D eigenvalue weighted by Crippen LogP contribution is 2.72. The number of benzene rings is 2. The van der Waals surface area contributed by atoms with E-state index in [4.69, 9.17) is 4.52 Å². The molecule has 0 aliphatic carbocycles. The van der Waals surface area contributed by atoms with Gasteiger partial charge in [0.05, 0.1) is 10.8 Å². The number of halogens is 1. The number of aryl methyl sites for hydroxylation is 1. The molecule has 12 heteroatoms. The number of aromatic nitrogens is 1. The molecule has 194 valence electrons. The second kappa shape index (κ2) is 7.67. The molecule has 4 aliphatic heterocycles. The second-order valence-corrected chi connectivity index (χ2v) is 12.1. The maximum atomic E-state index is 14.9. The summed E-state index contributed by atoms with van der Waals surface area (Å²) < 4.78 is 6.52. The predicted octanol–water partition coefficient (Wildman–Crippen LogP) is 3.91. The third-order valence-electron chi connectivity index (χ3n) is 8.75. The van der Waals surface area contributed by atoms with Crippen LogP contribution in [0.2, 0.25) is 0 Å². The number of para-hydroxylation sites is 1. The van der Waals surface area contributed by atoms with E-state index >= 15 is 0 Å². The minimum Gasteiger partial charge on any atom is -0.353 e.